The summed E-state index contributed by atoms with van der Waals surface area (Å²) in [6, 6.07) is 64.6. The van der Waals surface area contributed by atoms with Crippen LogP contribution in [0.5, 0.6) is 0 Å². The van der Waals surface area contributed by atoms with Gasteiger partial charge in [-0.05, 0) is 91.3 Å². The third-order valence-electron chi connectivity index (χ3n) is 9.21. The lowest BCUT2D eigenvalue weighted by atomic mass is 9.89. The molecule has 0 N–H and O–H groups in total. The second-order valence-electron chi connectivity index (χ2n) is 12.2. The summed E-state index contributed by atoms with van der Waals surface area (Å²) in [6.07, 6.45) is 0. The van der Waals surface area contributed by atoms with E-state index in [0.717, 1.165) is 55.5 Å². The predicted octanol–water partition coefficient (Wildman–Crippen LogP) is 12.3. The normalized spacial score (nSPS) is 11.3. The number of fused-ring (bicyclic) bond motifs is 3. The lowest BCUT2D eigenvalue weighted by Gasteiger charge is -2.16. The van der Waals surface area contributed by atoms with Gasteiger partial charge in [-0.15, -0.1) is 0 Å². The Bertz CT molecular complexity index is 2540. The van der Waals surface area contributed by atoms with E-state index in [1.165, 1.54) is 27.1 Å². The highest BCUT2D eigenvalue weighted by Crippen LogP contribution is 2.41. The van der Waals surface area contributed by atoms with E-state index in [9.17, 15) is 0 Å². The SMILES string of the molecule is c1ccc(-c2cc(-c3nc(-c4ccccc4)c4ccc(-c5ccccc5)cc4n3)cc(-c3c4ccccc4cc4ccccc34)c2)cc1. The molecule has 0 unspecified atom stereocenters. The number of hydrogen-bond acceptors (Lipinski definition) is 2. The minimum Gasteiger partial charge on any atom is -0.228 e. The molecule has 0 atom stereocenters. The van der Waals surface area contributed by atoms with Crippen molar-refractivity contribution in [2.24, 2.45) is 0 Å². The first kappa shape index (κ1) is 27.9. The largest absolute Gasteiger partial charge is 0.228 e. The fraction of sp³-hybridized carbons (Fsp3) is 0. The maximum atomic E-state index is 5.33. The Balaban J connectivity index is 1.34. The van der Waals surface area contributed by atoms with Gasteiger partial charge >= 0.3 is 0 Å². The van der Waals surface area contributed by atoms with Gasteiger partial charge in [0.1, 0.15) is 0 Å². The van der Waals surface area contributed by atoms with Gasteiger partial charge in [-0.25, -0.2) is 9.97 Å². The fourth-order valence-corrected chi connectivity index (χ4v) is 6.91. The van der Waals surface area contributed by atoms with Crippen molar-refractivity contribution >= 4 is 32.4 Å². The number of hydrogen-bond donors (Lipinski definition) is 0. The molecule has 0 bridgehead atoms. The summed E-state index contributed by atoms with van der Waals surface area (Å²) in [5.41, 5.74) is 10.8. The Labute approximate surface area is 279 Å². The molecule has 0 radical (unpaired) electrons. The molecule has 0 amide bonds. The minimum atomic E-state index is 0.704. The summed E-state index contributed by atoms with van der Waals surface area (Å²) in [7, 11) is 0. The molecule has 0 saturated carbocycles. The smallest absolute Gasteiger partial charge is 0.160 e. The molecule has 1 heterocycles. The zero-order chi connectivity index (χ0) is 31.9. The summed E-state index contributed by atoms with van der Waals surface area (Å²) < 4.78 is 0. The van der Waals surface area contributed by atoms with Gasteiger partial charge in [-0.1, -0.05) is 146 Å². The van der Waals surface area contributed by atoms with Crippen LogP contribution in [0.2, 0.25) is 0 Å². The van der Waals surface area contributed by atoms with Crippen molar-refractivity contribution in [3.05, 3.63) is 182 Å². The molecule has 9 rings (SSSR count). The van der Waals surface area contributed by atoms with E-state index in [4.69, 9.17) is 9.97 Å². The lowest BCUT2D eigenvalue weighted by Crippen LogP contribution is -1.97. The van der Waals surface area contributed by atoms with Gasteiger partial charge < -0.3 is 0 Å². The van der Waals surface area contributed by atoms with Gasteiger partial charge in [0.05, 0.1) is 11.2 Å². The van der Waals surface area contributed by atoms with E-state index in [0.29, 0.717) is 5.82 Å². The van der Waals surface area contributed by atoms with Gasteiger partial charge in [0, 0.05) is 16.5 Å². The molecule has 8 aromatic carbocycles. The molecule has 0 saturated heterocycles. The first-order valence-electron chi connectivity index (χ1n) is 16.3. The Morgan fingerprint density at radius 1 is 0.292 bits per heavy atom. The molecule has 1 aromatic heterocycles. The van der Waals surface area contributed by atoms with E-state index < -0.39 is 0 Å². The second kappa shape index (κ2) is 11.8. The van der Waals surface area contributed by atoms with E-state index in [2.05, 4.69) is 176 Å². The Morgan fingerprint density at radius 2 is 0.812 bits per heavy atom. The van der Waals surface area contributed by atoms with E-state index in [1.54, 1.807) is 0 Å². The van der Waals surface area contributed by atoms with Crippen LogP contribution in [-0.4, -0.2) is 9.97 Å². The van der Waals surface area contributed by atoms with Crippen molar-refractivity contribution in [3.8, 4) is 56.0 Å². The zero-order valence-corrected chi connectivity index (χ0v) is 26.2. The predicted molar refractivity (Wildman–Crippen MR) is 202 cm³/mol. The van der Waals surface area contributed by atoms with E-state index >= 15 is 0 Å². The molecule has 0 spiro atoms. The third kappa shape index (κ3) is 5.01. The van der Waals surface area contributed by atoms with Crippen LogP contribution in [0.1, 0.15) is 0 Å². The van der Waals surface area contributed by atoms with Crippen molar-refractivity contribution < 1.29 is 0 Å². The maximum Gasteiger partial charge on any atom is 0.160 e. The topological polar surface area (TPSA) is 25.8 Å². The molecule has 0 fully saturated rings. The minimum absolute atomic E-state index is 0.704. The van der Waals surface area contributed by atoms with Gasteiger partial charge in [-0.3, -0.25) is 0 Å². The molecule has 48 heavy (non-hydrogen) atoms. The summed E-state index contributed by atoms with van der Waals surface area (Å²) >= 11 is 0. The van der Waals surface area contributed by atoms with Crippen LogP contribution in [-0.2, 0) is 0 Å². The molecule has 9 aromatic rings. The van der Waals surface area contributed by atoms with Gasteiger partial charge in [0.2, 0.25) is 0 Å². The number of benzene rings is 8. The summed E-state index contributed by atoms with van der Waals surface area (Å²) in [4.78, 5) is 10.6. The Kier molecular flexibility index (Phi) is 6.84. The van der Waals surface area contributed by atoms with Crippen molar-refractivity contribution in [2.45, 2.75) is 0 Å². The molecule has 0 aliphatic carbocycles. The molecule has 224 valence electrons. The average molecular weight is 611 g/mol. The lowest BCUT2D eigenvalue weighted by molar-refractivity contribution is 1.23. The summed E-state index contributed by atoms with van der Waals surface area (Å²) in [5.74, 6) is 0.704. The van der Waals surface area contributed by atoms with Gasteiger partial charge in [0.15, 0.2) is 5.82 Å². The molecule has 0 aliphatic heterocycles. The first-order chi connectivity index (χ1) is 23.8. The van der Waals surface area contributed by atoms with Crippen LogP contribution < -0.4 is 0 Å². The monoisotopic (exact) mass is 610 g/mol. The number of rotatable bonds is 5. The molecule has 2 nitrogen and oxygen atoms in total. The molecular weight excluding hydrogens is 581 g/mol. The first-order valence-corrected chi connectivity index (χ1v) is 16.3. The van der Waals surface area contributed by atoms with Crippen LogP contribution in [0, 0.1) is 0 Å². The van der Waals surface area contributed by atoms with Gasteiger partial charge in [0.25, 0.3) is 0 Å². The van der Waals surface area contributed by atoms with Crippen molar-refractivity contribution in [2.75, 3.05) is 0 Å². The Morgan fingerprint density at radius 3 is 1.46 bits per heavy atom. The van der Waals surface area contributed by atoms with Crippen LogP contribution >= 0.6 is 0 Å². The third-order valence-corrected chi connectivity index (χ3v) is 9.21. The van der Waals surface area contributed by atoms with Crippen LogP contribution in [0.3, 0.4) is 0 Å². The van der Waals surface area contributed by atoms with E-state index in [-0.39, 0.29) is 0 Å². The van der Waals surface area contributed by atoms with Crippen LogP contribution in [0.25, 0.3) is 88.5 Å². The molecule has 2 heteroatoms. The van der Waals surface area contributed by atoms with Crippen LogP contribution in [0.4, 0.5) is 0 Å². The quantitative estimate of drug-likeness (QED) is 0.181. The molecule has 0 aliphatic rings. The Hall–Kier alpha value is -6.38. The number of nitrogens with zero attached hydrogens (tertiary/aromatic N) is 2. The van der Waals surface area contributed by atoms with Gasteiger partial charge in [-0.2, -0.15) is 0 Å². The highest BCUT2D eigenvalue weighted by molar-refractivity contribution is 6.13. The van der Waals surface area contributed by atoms with E-state index in [1.807, 2.05) is 6.07 Å². The van der Waals surface area contributed by atoms with Crippen molar-refractivity contribution in [1.29, 1.82) is 0 Å². The van der Waals surface area contributed by atoms with Crippen molar-refractivity contribution in [3.63, 3.8) is 0 Å². The highest BCUT2D eigenvalue weighted by Gasteiger charge is 2.17. The molecular formula is C46H30N2. The standard InChI is InChI=1S/C46H30N2/c1-4-14-31(15-5-1)34-24-25-42-43(30-34)47-46(48-45(42)33-18-8-3-9-19-33)39-28-37(32-16-6-2-7-17-32)27-38(29-39)44-40-22-12-10-20-35(40)26-36-21-11-13-23-41(36)44/h1-30H. The zero-order valence-electron chi connectivity index (χ0n) is 26.2. The fourth-order valence-electron chi connectivity index (χ4n) is 6.91. The maximum absolute atomic E-state index is 5.33. The average Bonchev–Trinajstić information content (AvgIpc) is 3.17. The van der Waals surface area contributed by atoms with Crippen LogP contribution in [0.15, 0.2) is 182 Å². The number of aromatic nitrogens is 2. The van der Waals surface area contributed by atoms with Crippen molar-refractivity contribution in [1.82, 2.24) is 9.97 Å². The summed E-state index contributed by atoms with van der Waals surface area (Å²) in [6.45, 7) is 0. The second-order valence-corrected chi connectivity index (χ2v) is 12.2. The summed E-state index contributed by atoms with van der Waals surface area (Å²) in [5, 5.41) is 5.93. The highest BCUT2D eigenvalue weighted by atomic mass is 14.9.